The summed E-state index contributed by atoms with van der Waals surface area (Å²) < 4.78 is 4.92. The van der Waals surface area contributed by atoms with Crippen LogP contribution in [0, 0.1) is 0 Å². The summed E-state index contributed by atoms with van der Waals surface area (Å²) in [6.45, 7) is 4.73. The van der Waals surface area contributed by atoms with Crippen molar-refractivity contribution in [2.75, 3.05) is 37.8 Å². The van der Waals surface area contributed by atoms with Crippen LogP contribution in [0.3, 0.4) is 0 Å². The van der Waals surface area contributed by atoms with E-state index in [1.54, 1.807) is 37.1 Å². The Balaban J connectivity index is 2.75. The molecule has 0 spiro atoms. The number of nitrogens with two attached hydrogens (primary N) is 1. The van der Waals surface area contributed by atoms with Gasteiger partial charge in [-0.25, -0.2) is 4.79 Å². The predicted molar refractivity (Wildman–Crippen MR) is 78.6 cm³/mol. The highest BCUT2D eigenvalue weighted by Crippen LogP contribution is 2.18. The van der Waals surface area contributed by atoms with E-state index < -0.39 is 5.97 Å². The molecule has 1 aromatic carbocycles. The maximum absolute atomic E-state index is 11.7. The molecule has 0 aliphatic carbocycles. The van der Waals surface area contributed by atoms with Gasteiger partial charge < -0.3 is 20.7 Å². The summed E-state index contributed by atoms with van der Waals surface area (Å²) in [6, 6.07) is 4.92. The van der Waals surface area contributed by atoms with Crippen molar-refractivity contribution in [3.05, 3.63) is 23.8 Å². The first-order chi connectivity index (χ1) is 9.49. The Morgan fingerprint density at radius 2 is 2.05 bits per heavy atom. The number of benzene rings is 1. The largest absolute Gasteiger partial charge is 0.462 e. The minimum absolute atomic E-state index is 0.0259. The van der Waals surface area contributed by atoms with Gasteiger partial charge in [0.25, 0.3) is 0 Å². The molecule has 0 bridgehead atoms. The van der Waals surface area contributed by atoms with Crippen molar-refractivity contribution in [1.82, 2.24) is 4.90 Å². The molecule has 0 saturated heterocycles. The molecule has 0 fully saturated rings. The fourth-order valence-electron chi connectivity index (χ4n) is 1.54. The smallest absolute Gasteiger partial charge is 0.340 e. The molecular formula is C14H21N3O3. The monoisotopic (exact) mass is 279 g/mol. The Hall–Kier alpha value is -2.24. The summed E-state index contributed by atoms with van der Waals surface area (Å²) in [7, 11) is 1.73. The lowest BCUT2D eigenvalue weighted by atomic mass is 10.1. The lowest BCUT2D eigenvalue weighted by molar-refractivity contribution is -0.127. The molecule has 1 amide bonds. The molecule has 0 aliphatic rings. The van der Waals surface area contributed by atoms with Crippen LogP contribution in [0.25, 0.3) is 0 Å². The molecule has 0 aromatic heterocycles. The van der Waals surface area contributed by atoms with Crippen molar-refractivity contribution < 1.29 is 14.3 Å². The highest BCUT2D eigenvalue weighted by Gasteiger charge is 2.12. The molecule has 0 radical (unpaired) electrons. The third kappa shape index (κ3) is 4.15. The molecule has 0 atom stereocenters. The second-order valence-electron chi connectivity index (χ2n) is 4.28. The first-order valence-corrected chi connectivity index (χ1v) is 6.54. The minimum Gasteiger partial charge on any atom is -0.462 e. The molecule has 6 heteroatoms. The number of hydrogen-bond acceptors (Lipinski definition) is 5. The number of nitrogen functional groups attached to an aromatic ring is 1. The fraction of sp³-hybridized carbons (Fsp3) is 0.429. The van der Waals surface area contributed by atoms with Crippen molar-refractivity contribution in [3.63, 3.8) is 0 Å². The number of rotatable bonds is 6. The van der Waals surface area contributed by atoms with E-state index in [0.29, 0.717) is 23.5 Å². The van der Waals surface area contributed by atoms with Gasteiger partial charge in [-0.15, -0.1) is 0 Å². The molecule has 3 N–H and O–H groups in total. The fourth-order valence-corrected chi connectivity index (χ4v) is 1.54. The van der Waals surface area contributed by atoms with Crippen LogP contribution < -0.4 is 11.1 Å². The zero-order chi connectivity index (χ0) is 15.1. The number of carbonyl (C=O) groups is 2. The highest BCUT2D eigenvalue weighted by molar-refractivity contribution is 5.96. The van der Waals surface area contributed by atoms with Crippen molar-refractivity contribution in [2.45, 2.75) is 13.8 Å². The normalized spacial score (nSPS) is 9.95. The molecule has 0 unspecified atom stereocenters. The van der Waals surface area contributed by atoms with E-state index in [-0.39, 0.29) is 19.1 Å². The van der Waals surface area contributed by atoms with E-state index in [9.17, 15) is 9.59 Å². The van der Waals surface area contributed by atoms with E-state index in [1.807, 2.05) is 6.92 Å². The van der Waals surface area contributed by atoms with Crippen molar-refractivity contribution >= 4 is 23.3 Å². The minimum atomic E-state index is -0.467. The van der Waals surface area contributed by atoms with Crippen LogP contribution in [-0.4, -0.2) is 43.5 Å². The molecule has 110 valence electrons. The third-order valence-corrected chi connectivity index (χ3v) is 2.89. The zero-order valence-electron chi connectivity index (χ0n) is 12.1. The number of hydrogen-bond donors (Lipinski definition) is 2. The number of carbonyl (C=O) groups excluding carboxylic acids is 2. The summed E-state index contributed by atoms with van der Waals surface area (Å²) in [4.78, 5) is 25.0. The van der Waals surface area contributed by atoms with E-state index in [2.05, 4.69) is 5.32 Å². The molecule has 0 aliphatic heterocycles. The second kappa shape index (κ2) is 7.37. The second-order valence-corrected chi connectivity index (χ2v) is 4.28. The number of amides is 1. The van der Waals surface area contributed by atoms with Crippen LogP contribution in [0.2, 0.25) is 0 Å². The van der Waals surface area contributed by atoms with Gasteiger partial charge in [-0.1, -0.05) is 0 Å². The molecule has 1 aromatic rings. The summed E-state index contributed by atoms with van der Waals surface area (Å²) in [6.07, 6.45) is 0. The predicted octanol–water partition coefficient (Wildman–Crippen LogP) is 1.34. The number of esters is 1. The molecule has 6 nitrogen and oxygen atoms in total. The van der Waals surface area contributed by atoms with Gasteiger partial charge in [0.2, 0.25) is 5.91 Å². The first kappa shape index (κ1) is 15.8. The maximum Gasteiger partial charge on any atom is 0.340 e. The van der Waals surface area contributed by atoms with Crippen LogP contribution in [0.4, 0.5) is 11.4 Å². The quantitative estimate of drug-likeness (QED) is 0.606. The highest BCUT2D eigenvalue weighted by atomic mass is 16.5. The Kier molecular flexibility index (Phi) is 5.83. The third-order valence-electron chi connectivity index (χ3n) is 2.89. The summed E-state index contributed by atoms with van der Waals surface area (Å²) >= 11 is 0. The standard InChI is InChI=1S/C14H21N3O3/c1-4-17(3)13(18)9-16-10-6-7-12(15)11(8-10)14(19)20-5-2/h6-8,16H,4-5,9,15H2,1-3H3. The van der Waals surface area contributed by atoms with Crippen LogP contribution in [-0.2, 0) is 9.53 Å². The van der Waals surface area contributed by atoms with Gasteiger partial charge in [0.05, 0.1) is 18.7 Å². The Morgan fingerprint density at radius 1 is 1.35 bits per heavy atom. The molecule has 1 rings (SSSR count). The van der Waals surface area contributed by atoms with Gasteiger partial charge in [-0.3, -0.25) is 4.79 Å². The average Bonchev–Trinajstić information content (AvgIpc) is 2.45. The van der Waals surface area contributed by atoms with Gasteiger partial charge in [0.15, 0.2) is 0 Å². The molecule has 0 saturated carbocycles. The number of nitrogens with one attached hydrogen (secondary N) is 1. The Morgan fingerprint density at radius 3 is 2.65 bits per heavy atom. The van der Waals surface area contributed by atoms with Crippen LogP contribution >= 0.6 is 0 Å². The van der Waals surface area contributed by atoms with Gasteiger partial charge >= 0.3 is 5.97 Å². The summed E-state index contributed by atoms with van der Waals surface area (Å²) in [5.41, 5.74) is 7.05. The molecular weight excluding hydrogens is 258 g/mol. The van der Waals surface area contributed by atoms with Crippen LogP contribution in [0.5, 0.6) is 0 Å². The van der Waals surface area contributed by atoms with Gasteiger partial charge in [-0.05, 0) is 32.0 Å². The lowest BCUT2D eigenvalue weighted by Crippen LogP contribution is -2.31. The van der Waals surface area contributed by atoms with Crippen molar-refractivity contribution in [3.8, 4) is 0 Å². The van der Waals surface area contributed by atoms with Gasteiger partial charge in [0, 0.05) is 25.0 Å². The topological polar surface area (TPSA) is 84.7 Å². The van der Waals surface area contributed by atoms with E-state index in [0.717, 1.165) is 0 Å². The molecule has 0 heterocycles. The number of anilines is 2. The molecule has 20 heavy (non-hydrogen) atoms. The average molecular weight is 279 g/mol. The van der Waals surface area contributed by atoms with Crippen molar-refractivity contribution in [2.24, 2.45) is 0 Å². The summed E-state index contributed by atoms with van der Waals surface area (Å²) in [5.74, 6) is -0.493. The number of likely N-dealkylation sites (N-methyl/N-ethyl adjacent to an activating group) is 1. The van der Waals surface area contributed by atoms with Gasteiger partial charge in [-0.2, -0.15) is 0 Å². The SMILES string of the molecule is CCOC(=O)c1cc(NCC(=O)N(C)CC)ccc1N. The number of nitrogens with zero attached hydrogens (tertiary/aromatic N) is 1. The number of ether oxygens (including phenoxy) is 1. The van der Waals surface area contributed by atoms with Crippen molar-refractivity contribution in [1.29, 1.82) is 0 Å². The van der Waals surface area contributed by atoms with E-state index >= 15 is 0 Å². The Bertz CT molecular complexity index is 489. The lowest BCUT2D eigenvalue weighted by Gasteiger charge is -2.15. The van der Waals surface area contributed by atoms with Crippen LogP contribution in [0.15, 0.2) is 18.2 Å². The zero-order valence-corrected chi connectivity index (χ0v) is 12.1. The maximum atomic E-state index is 11.7. The van der Waals surface area contributed by atoms with Gasteiger partial charge in [0.1, 0.15) is 0 Å². The first-order valence-electron chi connectivity index (χ1n) is 6.54. The van der Waals surface area contributed by atoms with Crippen LogP contribution in [0.1, 0.15) is 24.2 Å². The Labute approximate surface area is 118 Å². The van der Waals surface area contributed by atoms with E-state index in [1.165, 1.54) is 0 Å². The van der Waals surface area contributed by atoms with E-state index in [4.69, 9.17) is 10.5 Å². The summed E-state index contributed by atoms with van der Waals surface area (Å²) in [5, 5.41) is 2.97.